The summed E-state index contributed by atoms with van der Waals surface area (Å²) < 4.78 is 42.6. The zero-order valence-electron chi connectivity index (χ0n) is 21.3. The summed E-state index contributed by atoms with van der Waals surface area (Å²) in [6.07, 6.45) is 1.59. The van der Waals surface area contributed by atoms with Crippen LogP contribution in [-0.4, -0.2) is 71.5 Å². The molecular formula is C26H27ClF3N5O4S. The van der Waals surface area contributed by atoms with E-state index < -0.39 is 48.3 Å². The maximum Gasteiger partial charge on any atom is 0.261 e. The second-order valence-corrected chi connectivity index (χ2v) is 11.4. The summed E-state index contributed by atoms with van der Waals surface area (Å²) in [5, 5.41) is 7.47. The minimum Gasteiger partial charge on any atom is -0.350 e. The van der Waals surface area contributed by atoms with Gasteiger partial charge in [-0.05, 0) is 37.3 Å². The number of aromatic nitrogens is 1. The Balaban J connectivity index is 1.43. The van der Waals surface area contributed by atoms with Gasteiger partial charge in [0.25, 0.3) is 17.9 Å². The third-order valence-electron chi connectivity index (χ3n) is 6.57. The number of carbonyl (C=O) groups excluding carboxylic acids is 3. The van der Waals surface area contributed by atoms with Crippen LogP contribution in [0.15, 0.2) is 59.2 Å². The van der Waals surface area contributed by atoms with Gasteiger partial charge < -0.3 is 16.0 Å². The second kappa shape index (κ2) is 12.4. The number of allylic oxidation sites excluding steroid dienone is 4. The molecule has 4 rings (SSSR count). The van der Waals surface area contributed by atoms with Gasteiger partial charge in [-0.15, -0.1) is 11.3 Å². The molecule has 0 radical (unpaired) electrons. The lowest BCUT2D eigenvalue weighted by molar-refractivity contribution is -0.126. The van der Waals surface area contributed by atoms with Crippen LogP contribution in [0.1, 0.15) is 23.0 Å². The Hall–Kier alpha value is -3.42. The summed E-state index contributed by atoms with van der Waals surface area (Å²) in [7, 11) is 0. The highest BCUT2D eigenvalue weighted by Gasteiger charge is 2.40. The monoisotopic (exact) mass is 597 g/mol. The maximum absolute atomic E-state index is 15.5. The Bertz CT molecular complexity index is 1410. The molecule has 2 aromatic heterocycles. The number of likely N-dealkylation sites (tertiary alicyclic amines) is 1. The number of amides is 3. The van der Waals surface area contributed by atoms with Crippen molar-refractivity contribution in [2.75, 3.05) is 26.2 Å². The molecule has 2 aromatic rings. The summed E-state index contributed by atoms with van der Waals surface area (Å²) in [5.41, 5.74) is -1.85. The first-order chi connectivity index (χ1) is 18.9. The Labute approximate surface area is 236 Å². The molecule has 0 saturated carbocycles. The molecule has 0 spiro atoms. The Morgan fingerprint density at radius 1 is 1.18 bits per heavy atom. The molecule has 0 aromatic carbocycles. The molecule has 3 N–H and O–H groups in total. The van der Waals surface area contributed by atoms with E-state index in [1.807, 2.05) is 0 Å². The molecule has 1 saturated heterocycles. The highest BCUT2D eigenvalue weighted by atomic mass is 35.5. The molecule has 3 atom stereocenters. The lowest BCUT2D eigenvalue weighted by Crippen LogP contribution is -2.46. The van der Waals surface area contributed by atoms with Gasteiger partial charge in [-0.2, -0.15) is 0 Å². The molecule has 1 fully saturated rings. The third-order valence-corrected chi connectivity index (χ3v) is 7.80. The number of halogens is 4. The van der Waals surface area contributed by atoms with Crippen LogP contribution in [0, 0.1) is 5.92 Å². The number of hydrogen-bond donors (Lipinski definition) is 3. The Kier molecular flexibility index (Phi) is 9.16. The van der Waals surface area contributed by atoms with Crippen molar-refractivity contribution in [2.45, 2.75) is 31.5 Å². The molecule has 3 heterocycles. The molecule has 1 aliphatic heterocycles. The normalized spacial score (nSPS) is 22.9. The predicted octanol–water partition coefficient (Wildman–Crippen LogP) is 2.65. The van der Waals surface area contributed by atoms with Crippen LogP contribution < -0.4 is 21.5 Å². The van der Waals surface area contributed by atoms with Crippen molar-refractivity contribution in [2.24, 2.45) is 5.92 Å². The molecule has 40 heavy (non-hydrogen) atoms. The van der Waals surface area contributed by atoms with Gasteiger partial charge in [0.15, 0.2) is 5.67 Å². The predicted molar refractivity (Wildman–Crippen MR) is 145 cm³/mol. The largest absolute Gasteiger partial charge is 0.350 e. The van der Waals surface area contributed by atoms with E-state index in [4.69, 9.17) is 11.6 Å². The fraction of sp³-hybridized carbons (Fsp3) is 0.385. The molecule has 14 heteroatoms. The third kappa shape index (κ3) is 7.20. The van der Waals surface area contributed by atoms with Crippen LogP contribution in [0.5, 0.6) is 0 Å². The number of rotatable bonds is 9. The van der Waals surface area contributed by atoms with Gasteiger partial charge in [-0.1, -0.05) is 17.7 Å². The number of nitrogens with zero attached hydrogens (tertiary/aromatic N) is 2. The minimum absolute atomic E-state index is 0.00551. The van der Waals surface area contributed by atoms with E-state index in [1.54, 1.807) is 29.2 Å². The van der Waals surface area contributed by atoms with Gasteiger partial charge in [-0.3, -0.25) is 28.6 Å². The zero-order chi connectivity index (χ0) is 29.0. The average Bonchev–Trinajstić information content (AvgIpc) is 3.49. The van der Waals surface area contributed by atoms with Crippen LogP contribution in [0.2, 0.25) is 4.34 Å². The zero-order valence-corrected chi connectivity index (χ0v) is 22.9. The van der Waals surface area contributed by atoms with Crippen molar-refractivity contribution in [1.82, 2.24) is 25.4 Å². The highest BCUT2D eigenvalue weighted by Crippen LogP contribution is 2.33. The van der Waals surface area contributed by atoms with E-state index in [1.165, 1.54) is 35.9 Å². The van der Waals surface area contributed by atoms with Gasteiger partial charge in [0.05, 0.1) is 40.0 Å². The summed E-state index contributed by atoms with van der Waals surface area (Å²) in [4.78, 5) is 52.2. The average molecular weight is 598 g/mol. The molecule has 0 bridgehead atoms. The van der Waals surface area contributed by atoms with Gasteiger partial charge in [0.2, 0.25) is 11.8 Å². The van der Waals surface area contributed by atoms with Crippen LogP contribution in [0.4, 0.5) is 13.2 Å². The smallest absolute Gasteiger partial charge is 0.261 e. The summed E-state index contributed by atoms with van der Waals surface area (Å²) in [6.45, 7) is 0.300. The van der Waals surface area contributed by atoms with Gasteiger partial charge in [-0.25, -0.2) is 13.2 Å². The van der Waals surface area contributed by atoms with Crippen LogP contribution >= 0.6 is 22.9 Å². The van der Waals surface area contributed by atoms with Crippen LogP contribution in [-0.2, 0) is 9.59 Å². The van der Waals surface area contributed by atoms with E-state index in [0.29, 0.717) is 14.9 Å². The Morgan fingerprint density at radius 3 is 2.60 bits per heavy atom. The van der Waals surface area contributed by atoms with E-state index in [2.05, 4.69) is 16.0 Å². The quantitative estimate of drug-likeness (QED) is 0.412. The Morgan fingerprint density at radius 2 is 1.95 bits per heavy atom. The number of nitrogens with one attached hydrogen (secondary N) is 3. The SMILES string of the molecule is CC1(F)CC(n2ccccc2=O)=CC=C1NC(=O)CN1C[C@H](NC(=O)c2ccc(Cl)s2)[C@@H](C(=O)NCC(F)F)C1. The lowest BCUT2D eigenvalue weighted by atomic mass is 9.92. The first kappa shape index (κ1) is 29.6. The number of carbonyl (C=O) groups is 3. The van der Waals surface area contributed by atoms with Crippen molar-refractivity contribution in [3.63, 3.8) is 0 Å². The van der Waals surface area contributed by atoms with E-state index >= 15 is 4.39 Å². The van der Waals surface area contributed by atoms with Crippen LogP contribution in [0.3, 0.4) is 0 Å². The number of alkyl halides is 3. The van der Waals surface area contributed by atoms with Crippen molar-refractivity contribution < 1.29 is 27.6 Å². The number of hydrogen-bond acceptors (Lipinski definition) is 6. The summed E-state index contributed by atoms with van der Waals surface area (Å²) >= 11 is 6.94. The fourth-order valence-corrected chi connectivity index (χ4v) is 5.60. The fourth-order valence-electron chi connectivity index (χ4n) is 4.65. The van der Waals surface area contributed by atoms with E-state index in [-0.39, 0.29) is 37.3 Å². The summed E-state index contributed by atoms with van der Waals surface area (Å²) in [5.74, 6) is -2.63. The molecular weight excluding hydrogens is 571 g/mol. The van der Waals surface area contributed by atoms with Crippen molar-refractivity contribution in [3.8, 4) is 0 Å². The first-order valence-corrected chi connectivity index (χ1v) is 13.5. The van der Waals surface area contributed by atoms with Gasteiger partial charge in [0.1, 0.15) is 0 Å². The standard InChI is InChI=1S/C26H27ClF3N5O4S/c1-26(30)10-15(35-9-3-2-4-23(35)37)5-7-19(26)33-22(36)14-34-12-16(24(38)31-11-21(28)29)17(13-34)32-25(39)18-6-8-20(27)40-18/h2-9,16-17,21H,10-14H2,1H3,(H,31,38)(H,32,39)(H,33,36)/t16-,17-,26?/m0/s1. The summed E-state index contributed by atoms with van der Waals surface area (Å²) in [6, 6.07) is 6.90. The van der Waals surface area contributed by atoms with Crippen molar-refractivity contribution in [3.05, 3.63) is 73.9 Å². The first-order valence-electron chi connectivity index (χ1n) is 12.4. The maximum atomic E-state index is 15.5. The molecule has 214 valence electrons. The second-order valence-electron chi connectivity index (χ2n) is 9.69. The van der Waals surface area contributed by atoms with Gasteiger partial charge in [0, 0.05) is 37.5 Å². The topological polar surface area (TPSA) is 113 Å². The highest BCUT2D eigenvalue weighted by molar-refractivity contribution is 7.18. The number of thiophene rings is 1. The van der Waals surface area contributed by atoms with E-state index in [9.17, 15) is 28.0 Å². The van der Waals surface area contributed by atoms with E-state index in [0.717, 1.165) is 11.3 Å². The molecule has 2 aliphatic rings. The number of pyridine rings is 1. The van der Waals surface area contributed by atoms with Gasteiger partial charge >= 0.3 is 0 Å². The van der Waals surface area contributed by atoms with Crippen molar-refractivity contribution in [1.29, 1.82) is 0 Å². The molecule has 3 amide bonds. The lowest BCUT2D eigenvalue weighted by Gasteiger charge is -2.29. The molecule has 1 aliphatic carbocycles. The molecule has 1 unspecified atom stereocenters. The van der Waals surface area contributed by atoms with Crippen LogP contribution in [0.25, 0.3) is 5.70 Å². The minimum atomic E-state index is -2.75. The molecule has 9 nitrogen and oxygen atoms in total. The van der Waals surface area contributed by atoms with Crippen molar-refractivity contribution >= 4 is 46.4 Å².